The lowest BCUT2D eigenvalue weighted by Gasteiger charge is -1.91. The normalized spacial score (nSPS) is 11.1. The smallest absolute Gasteiger partial charge is 0.178 e. The third-order valence-corrected chi connectivity index (χ3v) is 1.38. The van der Waals surface area contributed by atoms with E-state index >= 15 is 0 Å². The van der Waals surface area contributed by atoms with E-state index in [2.05, 4.69) is 0 Å². The van der Waals surface area contributed by atoms with Crippen LogP contribution < -0.4 is 0 Å². The summed E-state index contributed by atoms with van der Waals surface area (Å²) in [6.45, 7) is 7.86. The van der Waals surface area contributed by atoms with Gasteiger partial charge in [-0.3, -0.25) is 4.79 Å². The maximum absolute atomic E-state index is 11.1. The summed E-state index contributed by atoms with van der Waals surface area (Å²) < 4.78 is 0. The van der Waals surface area contributed by atoms with Gasteiger partial charge in [0.2, 0.25) is 0 Å². The second-order valence-corrected chi connectivity index (χ2v) is 2.97. The maximum Gasteiger partial charge on any atom is 0.178 e. The molecular formula is C10H16O. The van der Waals surface area contributed by atoms with E-state index in [9.17, 15) is 4.79 Å². The van der Waals surface area contributed by atoms with E-state index in [4.69, 9.17) is 0 Å². The molecule has 0 aromatic rings. The van der Waals surface area contributed by atoms with Gasteiger partial charge in [0.1, 0.15) is 0 Å². The molecule has 0 aromatic heterocycles. The first kappa shape index (κ1) is 10.2. The van der Waals surface area contributed by atoms with Crippen molar-refractivity contribution in [3.8, 4) is 0 Å². The lowest BCUT2D eigenvalue weighted by molar-refractivity contribution is -0.110. The zero-order chi connectivity index (χ0) is 8.85. The van der Waals surface area contributed by atoms with Crippen LogP contribution in [0.5, 0.6) is 0 Å². The van der Waals surface area contributed by atoms with Crippen LogP contribution in [0, 0.1) is 0 Å². The number of hydrogen-bond donors (Lipinski definition) is 0. The molecule has 1 heteroatoms. The summed E-state index contributed by atoms with van der Waals surface area (Å²) in [5.74, 6) is 0.101. The molecule has 0 saturated heterocycles. The highest BCUT2D eigenvalue weighted by molar-refractivity contribution is 5.99. The molecule has 0 fully saturated rings. The largest absolute Gasteiger partial charge is 0.290 e. The van der Waals surface area contributed by atoms with Crippen molar-refractivity contribution in [3.05, 3.63) is 23.3 Å². The second-order valence-electron chi connectivity index (χ2n) is 2.97. The number of ketones is 1. The van der Waals surface area contributed by atoms with Gasteiger partial charge in [-0.1, -0.05) is 18.1 Å². The van der Waals surface area contributed by atoms with Crippen LogP contribution in [0.15, 0.2) is 23.3 Å². The van der Waals surface area contributed by atoms with Crippen molar-refractivity contribution >= 4 is 5.78 Å². The van der Waals surface area contributed by atoms with E-state index in [1.54, 1.807) is 12.2 Å². The first-order chi connectivity index (χ1) is 5.06. The second kappa shape index (κ2) is 4.89. The lowest BCUT2D eigenvalue weighted by atomic mass is 10.1. The molecular weight excluding hydrogens is 136 g/mol. The van der Waals surface area contributed by atoms with Gasteiger partial charge in [-0.25, -0.2) is 0 Å². The Hall–Kier alpha value is -0.850. The van der Waals surface area contributed by atoms with Crippen molar-refractivity contribution in [1.82, 2.24) is 0 Å². The summed E-state index contributed by atoms with van der Waals surface area (Å²) in [6, 6.07) is 0. The van der Waals surface area contributed by atoms with E-state index < -0.39 is 0 Å². The molecule has 0 amide bonds. The first-order valence-corrected chi connectivity index (χ1v) is 3.92. The van der Waals surface area contributed by atoms with Crippen LogP contribution in [0.3, 0.4) is 0 Å². The topological polar surface area (TPSA) is 17.1 Å². The van der Waals surface area contributed by atoms with Gasteiger partial charge in [-0.05, 0) is 39.3 Å². The Morgan fingerprint density at radius 3 is 2.09 bits per heavy atom. The van der Waals surface area contributed by atoms with Crippen LogP contribution >= 0.6 is 0 Å². The highest BCUT2D eigenvalue weighted by Crippen LogP contribution is 1.99. The Morgan fingerprint density at radius 2 is 1.73 bits per heavy atom. The molecule has 0 unspecified atom stereocenters. The van der Waals surface area contributed by atoms with E-state index in [1.807, 2.05) is 27.7 Å². The third-order valence-electron chi connectivity index (χ3n) is 1.38. The molecule has 0 aliphatic carbocycles. The molecule has 0 aliphatic heterocycles. The number of carbonyl (C=O) groups is 1. The summed E-state index contributed by atoms with van der Waals surface area (Å²) >= 11 is 0. The fourth-order valence-electron chi connectivity index (χ4n) is 0.671. The van der Waals surface area contributed by atoms with Crippen molar-refractivity contribution in [1.29, 1.82) is 0 Å². The summed E-state index contributed by atoms with van der Waals surface area (Å²) in [6.07, 6.45) is 4.29. The van der Waals surface area contributed by atoms with Gasteiger partial charge in [-0.15, -0.1) is 0 Å². The van der Waals surface area contributed by atoms with E-state index in [0.717, 1.165) is 17.6 Å². The molecule has 0 bridgehead atoms. The minimum atomic E-state index is 0.101. The number of carbonyl (C=O) groups excluding carboxylic acids is 1. The summed E-state index contributed by atoms with van der Waals surface area (Å²) in [7, 11) is 0. The highest BCUT2D eigenvalue weighted by atomic mass is 16.1. The molecule has 0 aliphatic rings. The predicted molar refractivity (Wildman–Crippen MR) is 48.5 cm³/mol. The fourth-order valence-corrected chi connectivity index (χ4v) is 0.671. The van der Waals surface area contributed by atoms with Crippen LogP contribution in [-0.4, -0.2) is 5.78 Å². The van der Waals surface area contributed by atoms with Crippen LogP contribution in [-0.2, 0) is 4.79 Å². The Bertz CT molecular complexity index is 193. The van der Waals surface area contributed by atoms with Crippen LogP contribution in [0.2, 0.25) is 0 Å². The van der Waals surface area contributed by atoms with Gasteiger partial charge in [0.25, 0.3) is 0 Å². The molecule has 0 heterocycles. The predicted octanol–water partition coefficient (Wildman–Crippen LogP) is 2.88. The first-order valence-electron chi connectivity index (χ1n) is 3.92. The average Bonchev–Trinajstić information content (AvgIpc) is 1.85. The Kier molecular flexibility index (Phi) is 4.51. The molecule has 0 rings (SSSR count). The van der Waals surface area contributed by atoms with Crippen molar-refractivity contribution < 1.29 is 4.79 Å². The quantitative estimate of drug-likeness (QED) is 0.568. The highest BCUT2D eigenvalue weighted by Gasteiger charge is 1.91. The van der Waals surface area contributed by atoms with Gasteiger partial charge >= 0.3 is 0 Å². The summed E-state index contributed by atoms with van der Waals surface area (Å²) in [5.41, 5.74) is 2.18. The van der Waals surface area contributed by atoms with Crippen LogP contribution in [0.25, 0.3) is 0 Å². The van der Waals surface area contributed by atoms with Gasteiger partial charge < -0.3 is 0 Å². The Balaban J connectivity index is 4.19. The maximum atomic E-state index is 11.1. The number of hydrogen-bond acceptors (Lipinski definition) is 1. The van der Waals surface area contributed by atoms with Gasteiger partial charge in [0, 0.05) is 0 Å². The molecule has 0 radical (unpaired) electrons. The van der Waals surface area contributed by atoms with Crippen molar-refractivity contribution in [2.45, 2.75) is 34.1 Å². The van der Waals surface area contributed by atoms with Gasteiger partial charge in [0.15, 0.2) is 5.78 Å². The Labute approximate surface area is 68.8 Å². The number of rotatable bonds is 3. The zero-order valence-electron chi connectivity index (χ0n) is 7.77. The minimum Gasteiger partial charge on any atom is -0.290 e. The van der Waals surface area contributed by atoms with E-state index in [-0.39, 0.29) is 5.78 Å². The number of allylic oxidation sites excluding steroid dienone is 4. The molecule has 0 aromatic carbocycles. The summed E-state index contributed by atoms with van der Waals surface area (Å²) in [4.78, 5) is 11.1. The molecule has 11 heavy (non-hydrogen) atoms. The molecule has 0 atom stereocenters. The van der Waals surface area contributed by atoms with Crippen LogP contribution in [0.4, 0.5) is 0 Å². The lowest BCUT2D eigenvalue weighted by Crippen LogP contribution is -1.88. The SMILES string of the molecule is CCC(C)=CC(=O)C=C(C)C. The molecule has 0 spiro atoms. The molecule has 1 nitrogen and oxygen atoms in total. The van der Waals surface area contributed by atoms with Crippen LogP contribution in [0.1, 0.15) is 34.1 Å². The van der Waals surface area contributed by atoms with Crippen molar-refractivity contribution in [3.63, 3.8) is 0 Å². The van der Waals surface area contributed by atoms with E-state index in [1.165, 1.54) is 0 Å². The van der Waals surface area contributed by atoms with E-state index in [0.29, 0.717) is 0 Å². The van der Waals surface area contributed by atoms with Gasteiger partial charge in [0.05, 0.1) is 0 Å². The standard InChI is InChI=1S/C10H16O/c1-5-9(4)7-10(11)6-8(2)3/h6-7H,5H2,1-4H3. The fraction of sp³-hybridized carbons (Fsp3) is 0.500. The van der Waals surface area contributed by atoms with Gasteiger partial charge in [-0.2, -0.15) is 0 Å². The molecule has 0 N–H and O–H groups in total. The van der Waals surface area contributed by atoms with Crippen molar-refractivity contribution in [2.75, 3.05) is 0 Å². The van der Waals surface area contributed by atoms with Crippen molar-refractivity contribution in [2.24, 2.45) is 0 Å². The average molecular weight is 152 g/mol. The Morgan fingerprint density at radius 1 is 1.18 bits per heavy atom. The molecule has 62 valence electrons. The monoisotopic (exact) mass is 152 g/mol. The zero-order valence-corrected chi connectivity index (χ0v) is 7.77. The minimum absolute atomic E-state index is 0.101. The third kappa shape index (κ3) is 5.59. The summed E-state index contributed by atoms with van der Waals surface area (Å²) in [5, 5.41) is 0. The molecule has 0 saturated carbocycles.